The molecule has 2 heterocycles. The predicted octanol–water partition coefficient (Wildman–Crippen LogP) is 1.68. The van der Waals surface area contributed by atoms with Crippen molar-refractivity contribution in [2.24, 2.45) is 0 Å². The molecule has 0 radical (unpaired) electrons. The number of aromatic carboxylic acids is 1. The van der Waals surface area contributed by atoms with Crippen LogP contribution in [0.1, 0.15) is 34.7 Å². The molecule has 0 amide bonds. The van der Waals surface area contributed by atoms with Crippen LogP contribution in [0.4, 0.5) is 0 Å². The van der Waals surface area contributed by atoms with Gasteiger partial charge in [-0.05, 0) is 36.5 Å². The topological polar surface area (TPSA) is 103 Å². The number of aromatic nitrogens is 2. The first-order valence-electron chi connectivity index (χ1n) is 7.30. The van der Waals surface area contributed by atoms with E-state index in [0.717, 1.165) is 18.4 Å². The highest BCUT2D eigenvalue weighted by molar-refractivity contribution is 7.89. The number of carbonyl (C=O) groups is 1. The minimum Gasteiger partial charge on any atom is -0.478 e. The van der Waals surface area contributed by atoms with E-state index in [4.69, 9.17) is 5.11 Å². The molecule has 1 saturated heterocycles. The smallest absolute Gasteiger partial charge is 0.335 e. The van der Waals surface area contributed by atoms with Crippen molar-refractivity contribution in [2.75, 3.05) is 13.1 Å². The summed E-state index contributed by atoms with van der Waals surface area (Å²) in [5.74, 6) is -0.905. The summed E-state index contributed by atoms with van der Waals surface area (Å²) >= 11 is 0. The summed E-state index contributed by atoms with van der Waals surface area (Å²) in [5.41, 5.74) is 1.19. The van der Waals surface area contributed by atoms with Gasteiger partial charge in [-0.3, -0.25) is 5.10 Å². The molecular weight excluding hydrogens is 318 g/mol. The van der Waals surface area contributed by atoms with Crippen LogP contribution in [0.15, 0.2) is 41.6 Å². The lowest BCUT2D eigenvalue weighted by atomic mass is 9.91. The van der Waals surface area contributed by atoms with Crippen LogP contribution in [0.5, 0.6) is 0 Å². The maximum atomic E-state index is 12.6. The van der Waals surface area contributed by atoms with Gasteiger partial charge in [0, 0.05) is 19.3 Å². The highest BCUT2D eigenvalue weighted by atomic mass is 32.2. The van der Waals surface area contributed by atoms with Crippen molar-refractivity contribution in [3.8, 4) is 0 Å². The fourth-order valence-corrected chi connectivity index (χ4v) is 4.29. The summed E-state index contributed by atoms with van der Waals surface area (Å²) in [5, 5.41) is 15.2. The zero-order valence-electron chi connectivity index (χ0n) is 12.3. The number of H-pyrrole nitrogens is 1. The zero-order valence-corrected chi connectivity index (χ0v) is 13.2. The summed E-state index contributed by atoms with van der Waals surface area (Å²) < 4.78 is 26.6. The summed E-state index contributed by atoms with van der Waals surface area (Å²) in [7, 11) is -3.54. The van der Waals surface area contributed by atoms with Crippen LogP contribution in [0.2, 0.25) is 0 Å². The third kappa shape index (κ3) is 3.13. The minimum atomic E-state index is -3.54. The van der Waals surface area contributed by atoms with Gasteiger partial charge in [0.2, 0.25) is 10.0 Å². The number of hydrogen-bond acceptors (Lipinski definition) is 4. The number of benzene rings is 1. The van der Waals surface area contributed by atoms with Gasteiger partial charge in [0.1, 0.15) is 4.90 Å². The molecule has 23 heavy (non-hydrogen) atoms. The normalized spacial score (nSPS) is 19.6. The molecule has 1 aliphatic rings. The lowest BCUT2D eigenvalue weighted by Gasteiger charge is -2.31. The van der Waals surface area contributed by atoms with Crippen molar-refractivity contribution in [3.05, 3.63) is 47.8 Å². The second kappa shape index (κ2) is 6.13. The number of carboxylic acid groups (broad SMARTS) is 1. The largest absolute Gasteiger partial charge is 0.478 e. The number of aromatic amines is 1. The van der Waals surface area contributed by atoms with Crippen LogP contribution in [0.3, 0.4) is 0 Å². The molecule has 0 spiro atoms. The van der Waals surface area contributed by atoms with Crippen LogP contribution >= 0.6 is 0 Å². The maximum absolute atomic E-state index is 12.6. The predicted molar refractivity (Wildman–Crippen MR) is 82.7 cm³/mol. The highest BCUT2D eigenvalue weighted by Gasteiger charge is 2.31. The van der Waals surface area contributed by atoms with Crippen LogP contribution < -0.4 is 0 Å². The Balaban J connectivity index is 1.79. The van der Waals surface area contributed by atoms with Gasteiger partial charge >= 0.3 is 5.97 Å². The summed E-state index contributed by atoms with van der Waals surface area (Å²) in [6, 6.07) is 6.65. The maximum Gasteiger partial charge on any atom is 0.335 e. The Morgan fingerprint density at radius 1 is 1.30 bits per heavy atom. The number of carboxylic acids is 1. The Hall–Kier alpha value is -2.19. The quantitative estimate of drug-likeness (QED) is 0.885. The van der Waals surface area contributed by atoms with E-state index < -0.39 is 16.0 Å². The molecule has 1 unspecified atom stereocenters. The van der Waals surface area contributed by atoms with Crippen LogP contribution in [0, 0.1) is 0 Å². The second-order valence-electron chi connectivity index (χ2n) is 5.56. The van der Waals surface area contributed by atoms with Gasteiger partial charge < -0.3 is 5.11 Å². The molecule has 1 fully saturated rings. The fourth-order valence-electron chi connectivity index (χ4n) is 2.86. The second-order valence-corrected chi connectivity index (χ2v) is 7.50. The number of sulfonamides is 1. The van der Waals surface area contributed by atoms with Gasteiger partial charge in [-0.2, -0.15) is 9.40 Å². The van der Waals surface area contributed by atoms with E-state index in [0.29, 0.717) is 13.1 Å². The van der Waals surface area contributed by atoms with Gasteiger partial charge in [0.15, 0.2) is 0 Å². The first kappa shape index (κ1) is 15.7. The molecule has 7 nitrogen and oxygen atoms in total. The Kier molecular flexibility index (Phi) is 4.18. The summed E-state index contributed by atoms with van der Waals surface area (Å²) in [4.78, 5) is 11.1. The van der Waals surface area contributed by atoms with Crippen molar-refractivity contribution in [1.82, 2.24) is 14.5 Å². The van der Waals surface area contributed by atoms with Crippen molar-refractivity contribution in [1.29, 1.82) is 0 Å². The number of rotatable bonds is 4. The monoisotopic (exact) mass is 335 g/mol. The lowest BCUT2D eigenvalue weighted by molar-refractivity contribution is 0.0697. The Bertz CT molecular complexity index is 785. The highest BCUT2D eigenvalue weighted by Crippen LogP contribution is 2.30. The van der Waals surface area contributed by atoms with Crippen LogP contribution in [-0.2, 0) is 10.0 Å². The summed E-state index contributed by atoms with van der Waals surface area (Å²) in [6.45, 7) is 0.872. The number of nitrogens with one attached hydrogen (secondary N) is 1. The lowest BCUT2D eigenvalue weighted by Crippen LogP contribution is -2.38. The molecule has 1 atom stereocenters. The van der Waals surface area contributed by atoms with E-state index in [1.807, 2.05) is 0 Å². The van der Waals surface area contributed by atoms with Crippen LogP contribution in [0.25, 0.3) is 0 Å². The van der Waals surface area contributed by atoms with Crippen molar-refractivity contribution in [3.63, 3.8) is 0 Å². The van der Waals surface area contributed by atoms with Crippen molar-refractivity contribution >= 4 is 16.0 Å². The van der Waals surface area contributed by atoms with Gasteiger partial charge in [-0.1, -0.05) is 12.1 Å². The molecule has 122 valence electrons. The third-order valence-corrected chi connectivity index (χ3v) is 5.95. The van der Waals surface area contributed by atoms with E-state index in [1.165, 1.54) is 16.7 Å². The van der Waals surface area contributed by atoms with Gasteiger partial charge in [-0.15, -0.1) is 0 Å². The van der Waals surface area contributed by atoms with E-state index in [1.54, 1.807) is 24.3 Å². The molecule has 1 aromatic heterocycles. The average molecular weight is 335 g/mol. The SMILES string of the molecule is O=C(O)c1ccc(C2CCCN(S(=O)(=O)c3cn[nH]c3)C2)cc1. The molecule has 8 heteroatoms. The fraction of sp³-hybridized carbons (Fsp3) is 0.333. The molecule has 0 bridgehead atoms. The van der Waals surface area contributed by atoms with E-state index in [9.17, 15) is 13.2 Å². The third-order valence-electron chi connectivity index (χ3n) is 4.12. The molecule has 0 aliphatic carbocycles. The van der Waals surface area contributed by atoms with E-state index in [2.05, 4.69) is 10.2 Å². The zero-order chi connectivity index (χ0) is 16.4. The Morgan fingerprint density at radius 3 is 2.65 bits per heavy atom. The number of piperidine rings is 1. The average Bonchev–Trinajstić information content (AvgIpc) is 3.10. The molecule has 3 rings (SSSR count). The molecule has 1 aromatic carbocycles. The van der Waals surface area contributed by atoms with Crippen molar-refractivity contribution in [2.45, 2.75) is 23.7 Å². The molecule has 0 saturated carbocycles. The van der Waals surface area contributed by atoms with E-state index in [-0.39, 0.29) is 16.4 Å². The summed E-state index contributed by atoms with van der Waals surface area (Å²) in [6.07, 6.45) is 4.33. The van der Waals surface area contributed by atoms with Crippen molar-refractivity contribution < 1.29 is 18.3 Å². The molecular formula is C15H17N3O4S. The van der Waals surface area contributed by atoms with Gasteiger partial charge in [-0.25, -0.2) is 13.2 Å². The van der Waals surface area contributed by atoms with Crippen LogP contribution in [-0.4, -0.2) is 47.1 Å². The first-order chi connectivity index (χ1) is 11.0. The number of hydrogen-bond donors (Lipinski definition) is 2. The first-order valence-corrected chi connectivity index (χ1v) is 8.74. The van der Waals surface area contributed by atoms with Gasteiger partial charge in [0.25, 0.3) is 0 Å². The molecule has 2 N–H and O–H groups in total. The number of nitrogens with zero attached hydrogens (tertiary/aromatic N) is 2. The van der Waals surface area contributed by atoms with Gasteiger partial charge in [0.05, 0.1) is 11.8 Å². The Labute approximate surface area is 134 Å². The Morgan fingerprint density at radius 2 is 2.04 bits per heavy atom. The minimum absolute atomic E-state index is 0.0632. The molecule has 1 aliphatic heterocycles. The standard InChI is InChI=1S/C15H17N3O4S/c19-15(20)12-5-3-11(4-6-12)13-2-1-7-18(10-13)23(21,22)14-8-16-17-9-14/h3-6,8-9,13H,1-2,7,10H2,(H,16,17)(H,19,20). The molecule has 2 aromatic rings. The van der Waals surface area contributed by atoms with E-state index >= 15 is 0 Å².